The van der Waals surface area contributed by atoms with E-state index in [4.69, 9.17) is 10.5 Å². The molecule has 0 radical (unpaired) electrons. The number of rotatable bonds is 5. The van der Waals surface area contributed by atoms with Gasteiger partial charge in [-0.25, -0.2) is 4.39 Å². The first kappa shape index (κ1) is 15.9. The number of hydrogen-bond donors (Lipinski definition) is 2. The van der Waals surface area contributed by atoms with Gasteiger partial charge in [-0.3, -0.25) is 0 Å². The van der Waals surface area contributed by atoms with E-state index in [0.717, 1.165) is 5.56 Å². The third-order valence-electron chi connectivity index (χ3n) is 3.44. The van der Waals surface area contributed by atoms with E-state index in [1.165, 1.54) is 6.07 Å². The Kier molecular flexibility index (Phi) is 5.33. The number of ether oxygens (including phenoxy) is 1. The summed E-state index contributed by atoms with van der Waals surface area (Å²) in [6, 6.07) is 11.9. The first-order valence-electron chi connectivity index (χ1n) is 6.54. The molecule has 0 aliphatic carbocycles. The van der Waals surface area contributed by atoms with Crippen LogP contribution in [0, 0.1) is 5.82 Å². The van der Waals surface area contributed by atoms with Crippen molar-refractivity contribution in [2.24, 2.45) is 5.73 Å². The molecule has 2 atom stereocenters. The molecule has 0 saturated heterocycles. The smallest absolute Gasteiger partial charge is 0.137 e. The van der Waals surface area contributed by atoms with Gasteiger partial charge in [0.05, 0.1) is 17.7 Å². The number of halogens is 2. The van der Waals surface area contributed by atoms with Crippen LogP contribution >= 0.6 is 15.9 Å². The summed E-state index contributed by atoms with van der Waals surface area (Å²) in [7, 11) is 1.59. The van der Waals surface area contributed by atoms with Crippen LogP contribution in [-0.2, 0) is 0 Å². The standard InChI is InChI=1S/C16H17BrFNO2/c1-21-12-4-2-3-10(7-12)13(9-19)16(20)11-5-6-15(18)14(17)8-11/h2-8,13,16,20H,9,19H2,1H3. The number of aliphatic hydroxyl groups is 1. The van der Waals surface area contributed by atoms with Gasteiger partial charge in [0.25, 0.3) is 0 Å². The molecule has 2 rings (SSSR count). The van der Waals surface area contributed by atoms with Crippen LogP contribution < -0.4 is 10.5 Å². The molecule has 5 heteroatoms. The summed E-state index contributed by atoms with van der Waals surface area (Å²) >= 11 is 3.13. The second-order valence-electron chi connectivity index (χ2n) is 4.74. The minimum atomic E-state index is -0.820. The molecule has 3 N–H and O–H groups in total. The predicted molar refractivity (Wildman–Crippen MR) is 83.8 cm³/mol. The van der Waals surface area contributed by atoms with Crippen molar-refractivity contribution in [3.05, 3.63) is 63.9 Å². The lowest BCUT2D eigenvalue weighted by molar-refractivity contribution is 0.147. The number of hydrogen-bond acceptors (Lipinski definition) is 3. The lowest BCUT2D eigenvalue weighted by Crippen LogP contribution is -2.20. The molecule has 0 spiro atoms. The first-order valence-corrected chi connectivity index (χ1v) is 7.33. The van der Waals surface area contributed by atoms with Gasteiger partial charge in [-0.05, 0) is 51.3 Å². The van der Waals surface area contributed by atoms with E-state index in [1.54, 1.807) is 19.2 Å². The molecule has 2 unspecified atom stereocenters. The fourth-order valence-corrected chi connectivity index (χ4v) is 2.64. The maximum absolute atomic E-state index is 13.3. The maximum atomic E-state index is 13.3. The van der Waals surface area contributed by atoms with E-state index >= 15 is 0 Å². The Morgan fingerprint density at radius 2 is 2.00 bits per heavy atom. The van der Waals surface area contributed by atoms with Gasteiger partial charge in [0.1, 0.15) is 11.6 Å². The first-order chi connectivity index (χ1) is 10.1. The maximum Gasteiger partial charge on any atom is 0.137 e. The highest BCUT2D eigenvalue weighted by Crippen LogP contribution is 2.33. The normalized spacial score (nSPS) is 13.8. The minimum absolute atomic E-state index is 0.267. The fraction of sp³-hybridized carbons (Fsp3) is 0.250. The lowest BCUT2D eigenvalue weighted by atomic mass is 9.89. The summed E-state index contributed by atoms with van der Waals surface area (Å²) in [5.74, 6) is 0.0486. The Balaban J connectivity index is 2.32. The van der Waals surface area contributed by atoms with Crippen molar-refractivity contribution in [2.75, 3.05) is 13.7 Å². The SMILES string of the molecule is COc1cccc(C(CN)C(O)c2ccc(F)c(Br)c2)c1. The van der Waals surface area contributed by atoms with Gasteiger partial charge >= 0.3 is 0 Å². The van der Waals surface area contributed by atoms with E-state index in [9.17, 15) is 9.50 Å². The monoisotopic (exact) mass is 353 g/mol. The second kappa shape index (κ2) is 7.02. The van der Waals surface area contributed by atoms with Crippen LogP contribution in [0.3, 0.4) is 0 Å². The number of nitrogens with two attached hydrogens (primary N) is 1. The van der Waals surface area contributed by atoms with Crippen LogP contribution in [0.1, 0.15) is 23.1 Å². The Morgan fingerprint density at radius 1 is 1.24 bits per heavy atom. The Morgan fingerprint density at radius 3 is 2.62 bits per heavy atom. The summed E-state index contributed by atoms with van der Waals surface area (Å²) in [6.45, 7) is 0.267. The fourth-order valence-electron chi connectivity index (χ4n) is 2.25. The quantitative estimate of drug-likeness (QED) is 0.866. The Bertz CT molecular complexity index is 621. The van der Waals surface area contributed by atoms with Gasteiger partial charge in [-0.15, -0.1) is 0 Å². The molecule has 3 nitrogen and oxygen atoms in total. The van der Waals surface area contributed by atoms with Crippen molar-refractivity contribution >= 4 is 15.9 Å². The summed E-state index contributed by atoms with van der Waals surface area (Å²) in [5.41, 5.74) is 7.31. The average molecular weight is 354 g/mol. The van der Waals surface area contributed by atoms with Gasteiger partial charge in [0.15, 0.2) is 0 Å². The molecular formula is C16H17BrFNO2. The molecule has 0 saturated carbocycles. The van der Waals surface area contributed by atoms with Crippen molar-refractivity contribution in [1.82, 2.24) is 0 Å². The average Bonchev–Trinajstić information content (AvgIpc) is 2.51. The molecule has 2 aromatic carbocycles. The highest BCUT2D eigenvalue weighted by atomic mass is 79.9. The number of benzene rings is 2. The summed E-state index contributed by atoms with van der Waals surface area (Å²) in [4.78, 5) is 0. The summed E-state index contributed by atoms with van der Waals surface area (Å²) in [6.07, 6.45) is -0.820. The Hall–Kier alpha value is -1.43. The highest BCUT2D eigenvalue weighted by Gasteiger charge is 2.22. The zero-order chi connectivity index (χ0) is 15.4. The van der Waals surface area contributed by atoms with Crippen molar-refractivity contribution < 1.29 is 14.2 Å². The van der Waals surface area contributed by atoms with Crippen LogP contribution in [-0.4, -0.2) is 18.8 Å². The van der Waals surface area contributed by atoms with Crippen molar-refractivity contribution in [3.8, 4) is 5.75 Å². The molecule has 0 bridgehead atoms. The van der Waals surface area contributed by atoms with Crippen LogP contribution in [0.15, 0.2) is 46.9 Å². The predicted octanol–water partition coefficient (Wildman–Crippen LogP) is 3.37. The van der Waals surface area contributed by atoms with Gasteiger partial charge < -0.3 is 15.6 Å². The van der Waals surface area contributed by atoms with E-state index in [1.807, 2.05) is 24.3 Å². The van der Waals surface area contributed by atoms with Crippen molar-refractivity contribution in [3.63, 3.8) is 0 Å². The van der Waals surface area contributed by atoms with Gasteiger partial charge in [0, 0.05) is 12.5 Å². The van der Waals surface area contributed by atoms with E-state index in [0.29, 0.717) is 15.8 Å². The van der Waals surface area contributed by atoms with Gasteiger partial charge in [-0.2, -0.15) is 0 Å². The molecular weight excluding hydrogens is 337 g/mol. The van der Waals surface area contributed by atoms with Crippen molar-refractivity contribution in [2.45, 2.75) is 12.0 Å². The molecule has 0 aromatic heterocycles. The Labute approximate surface area is 131 Å². The van der Waals surface area contributed by atoms with E-state index in [2.05, 4.69) is 15.9 Å². The molecule has 0 aliphatic rings. The molecule has 0 fully saturated rings. The molecule has 112 valence electrons. The van der Waals surface area contributed by atoms with Crippen LogP contribution in [0.5, 0.6) is 5.75 Å². The third kappa shape index (κ3) is 3.61. The van der Waals surface area contributed by atoms with Gasteiger partial charge in [0.2, 0.25) is 0 Å². The third-order valence-corrected chi connectivity index (χ3v) is 4.05. The van der Waals surface area contributed by atoms with Crippen LogP contribution in [0.4, 0.5) is 4.39 Å². The largest absolute Gasteiger partial charge is 0.497 e. The molecule has 0 amide bonds. The lowest BCUT2D eigenvalue weighted by Gasteiger charge is -2.23. The zero-order valence-electron chi connectivity index (χ0n) is 11.6. The topological polar surface area (TPSA) is 55.5 Å². The number of aliphatic hydroxyl groups excluding tert-OH is 1. The van der Waals surface area contributed by atoms with Gasteiger partial charge in [-0.1, -0.05) is 18.2 Å². The van der Waals surface area contributed by atoms with E-state index in [-0.39, 0.29) is 18.3 Å². The molecule has 2 aromatic rings. The minimum Gasteiger partial charge on any atom is -0.497 e. The molecule has 0 aliphatic heterocycles. The summed E-state index contributed by atoms with van der Waals surface area (Å²) in [5, 5.41) is 10.5. The van der Waals surface area contributed by atoms with E-state index < -0.39 is 6.10 Å². The molecule has 0 heterocycles. The molecule has 21 heavy (non-hydrogen) atoms. The number of methoxy groups -OCH3 is 1. The second-order valence-corrected chi connectivity index (χ2v) is 5.59. The summed E-state index contributed by atoms with van der Waals surface area (Å²) < 4.78 is 18.8. The highest BCUT2D eigenvalue weighted by molar-refractivity contribution is 9.10. The van der Waals surface area contributed by atoms with Crippen molar-refractivity contribution in [1.29, 1.82) is 0 Å². The zero-order valence-corrected chi connectivity index (χ0v) is 13.2. The van der Waals surface area contributed by atoms with Crippen LogP contribution in [0.2, 0.25) is 0 Å². The van der Waals surface area contributed by atoms with Crippen LogP contribution in [0.25, 0.3) is 0 Å².